The normalized spacial score (nSPS) is 10.9. The van der Waals surface area contributed by atoms with E-state index in [9.17, 15) is 4.79 Å². The van der Waals surface area contributed by atoms with E-state index in [-0.39, 0.29) is 12.4 Å². The van der Waals surface area contributed by atoms with E-state index in [0.29, 0.717) is 24.0 Å². The number of ether oxygens (including phenoxy) is 2. The average Bonchev–Trinajstić information content (AvgIpc) is 2.97. The summed E-state index contributed by atoms with van der Waals surface area (Å²) in [6.45, 7) is 2.75. The standard InChI is InChI=1S/C16H19N3O3S/c1-3-22-15(20)8-14-11-23-16(18-14)19-17-9-12-4-6-13(7-5-12)10-21-2/h4-7,9,11H,3,8,10H2,1-2H3,(H,18,19). The van der Waals surface area contributed by atoms with Crippen LogP contribution in [-0.2, 0) is 27.3 Å². The van der Waals surface area contributed by atoms with Crippen molar-refractivity contribution in [3.8, 4) is 0 Å². The Morgan fingerprint density at radius 2 is 2.17 bits per heavy atom. The topological polar surface area (TPSA) is 72.8 Å². The lowest BCUT2D eigenvalue weighted by atomic mass is 10.1. The Morgan fingerprint density at radius 1 is 1.39 bits per heavy atom. The Hall–Kier alpha value is -2.25. The van der Waals surface area contributed by atoms with E-state index in [4.69, 9.17) is 9.47 Å². The third-order valence-corrected chi connectivity index (χ3v) is 3.64. The maximum absolute atomic E-state index is 11.4. The molecule has 2 rings (SSSR count). The zero-order valence-corrected chi connectivity index (χ0v) is 13.9. The van der Waals surface area contributed by atoms with Crippen LogP contribution in [0, 0.1) is 0 Å². The van der Waals surface area contributed by atoms with E-state index in [1.54, 1.807) is 20.2 Å². The molecule has 0 aliphatic carbocycles. The number of carbonyl (C=O) groups is 1. The molecule has 1 aromatic carbocycles. The highest BCUT2D eigenvalue weighted by Gasteiger charge is 2.07. The second-order valence-electron chi connectivity index (χ2n) is 4.67. The number of hydrazone groups is 1. The van der Waals surface area contributed by atoms with Gasteiger partial charge in [-0.25, -0.2) is 4.98 Å². The Morgan fingerprint density at radius 3 is 2.87 bits per heavy atom. The minimum absolute atomic E-state index is 0.177. The molecule has 0 aliphatic heterocycles. The zero-order chi connectivity index (χ0) is 16.5. The van der Waals surface area contributed by atoms with Crippen LogP contribution in [-0.4, -0.2) is 30.9 Å². The predicted molar refractivity (Wildman–Crippen MR) is 90.8 cm³/mol. The number of carbonyl (C=O) groups excluding carboxylic acids is 1. The van der Waals surface area contributed by atoms with Gasteiger partial charge in [-0.05, 0) is 18.1 Å². The molecule has 23 heavy (non-hydrogen) atoms. The molecule has 6 nitrogen and oxygen atoms in total. The molecule has 0 radical (unpaired) electrons. The van der Waals surface area contributed by atoms with Crippen LogP contribution in [0.5, 0.6) is 0 Å². The second-order valence-corrected chi connectivity index (χ2v) is 5.53. The summed E-state index contributed by atoms with van der Waals surface area (Å²) in [5, 5.41) is 6.59. The van der Waals surface area contributed by atoms with E-state index in [1.807, 2.05) is 29.6 Å². The van der Waals surface area contributed by atoms with E-state index in [2.05, 4.69) is 15.5 Å². The highest BCUT2D eigenvalue weighted by molar-refractivity contribution is 7.13. The number of nitrogens with zero attached hydrogens (tertiary/aromatic N) is 2. The van der Waals surface area contributed by atoms with Crippen LogP contribution in [0.1, 0.15) is 23.7 Å². The highest BCUT2D eigenvalue weighted by atomic mass is 32.1. The molecular formula is C16H19N3O3S. The van der Waals surface area contributed by atoms with Crippen molar-refractivity contribution in [3.63, 3.8) is 0 Å². The van der Waals surface area contributed by atoms with Gasteiger partial charge in [0, 0.05) is 12.5 Å². The van der Waals surface area contributed by atoms with Gasteiger partial charge in [-0.2, -0.15) is 5.10 Å². The van der Waals surface area contributed by atoms with Crippen LogP contribution < -0.4 is 5.43 Å². The summed E-state index contributed by atoms with van der Waals surface area (Å²) >= 11 is 1.39. The van der Waals surface area contributed by atoms with Gasteiger partial charge < -0.3 is 9.47 Å². The summed E-state index contributed by atoms with van der Waals surface area (Å²) in [4.78, 5) is 15.7. The Balaban J connectivity index is 1.85. The molecule has 0 aliphatic rings. The number of thiazole rings is 1. The smallest absolute Gasteiger partial charge is 0.311 e. The summed E-state index contributed by atoms with van der Waals surface area (Å²) in [5.74, 6) is -0.274. The van der Waals surface area contributed by atoms with Crippen LogP contribution in [0.2, 0.25) is 0 Å². The molecule has 0 saturated heterocycles. The van der Waals surface area contributed by atoms with Gasteiger partial charge in [-0.15, -0.1) is 11.3 Å². The molecule has 0 fully saturated rings. The van der Waals surface area contributed by atoms with Crippen LogP contribution in [0.15, 0.2) is 34.7 Å². The van der Waals surface area contributed by atoms with Gasteiger partial charge in [-0.3, -0.25) is 10.2 Å². The fraction of sp³-hybridized carbons (Fsp3) is 0.312. The molecule has 0 unspecified atom stereocenters. The van der Waals surface area contributed by atoms with Gasteiger partial charge in [-0.1, -0.05) is 24.3 Å². The Labute approximate surface area is 139 Å². The molecule has 122 valence electrons. The number of anilines is 1. The van der Waals surface area contributed by atoms with Gasteiger partial charge in [0.15, 0.2) is 0 Å². The maximum Gasteiger partial charge on any atom is 0.311 e. The van der Waals surface area contributed by atoms with Crippen LogP contribution in [0.4, 0.5) is 5.13 Å². The quantitative estimate of drug-likeness (QED) is 0.457. The molecule has 2 aromatic rings. The van der Waals surface area contributed by atoms with Gasteiger partial charge in [0.05, 0.1) is 31.5 Å². The molecule has 0 saturated carbocycles. The number of hydrogen-bond acceptors (Lipinski definition) is 7. The fourth-order valence-corrected chi connectivity index (χ4v) is 2.49. The minimum atomic E-state index is -0.274. The fourth-order valence-electron chi connectivity index (χ4n) is 1.83. The number of rotatable bonds is 8. The minimum Gasteiger partial charge on any atom is -0.466 e. The van der Waals surface area contributed by atoms with Crippen LogP contribution in [0.3, 0.4) is 0 Å². The lowest BCUT2D eigenvalue weighted by Gasteiger charge is -1.99. The summed E-state index contributed by atoms with van der Waals surface area (Å²) in [5.41, 5.74) is 5.62. The molecule has 0 bridgehead atoms. The maximum atomic E-state index is 11.4. The number of hydrogen-bond donors (Lipinski definition) is 1. The zero-order valence-electron chi connectivity index (χ0n) is 13.1. The molecular weight excluding hydrogens is 314 g/mol. The van der Waals surface area contributed by atoms with Crippen molar-refractivity contribution in [3.05, 3.63) is 46.5 Å². The third-order valence-electron chi connectivity index (χ3n) is 2.85. The average molecular weight is 333 g/mol. The van der Waals surface area contributed by atoms with Gasteiger partial charge in [0.2, 0.25) is 5.13 Å². The summed E-state index contributed by atoms with van der Waals surface area (Å²) in [6.07, 6.45) is 1.89. The lowest BCUT2D eigenvalue weighted by molar-refractivity contribution is -0.142. The Bertz CT molecular complexity index is 653. The van der Waals surface area contributed by atoms with Gasteiger partial charge in [0.25, 0.3) is 0 Å². The number of methoxy groups -OCH3 is 1. The van der Waals surface area contributed by atoms with Crippen molar-refractivity contribution < 1.29 is 14.3 Å². The van der Waals surface area contributed by atoms with E-state index in [1.165, 1.54) is 11.3 Å². The lowest BCUT2D eigenvalue weighted by Crippen LogP contribution is -2.07. The summed E-state index contributed by atoms with van der Waals surface area (Å²) in [6, 6.07) is 7.92. The van der Waals surface area contributed by atoms with Crippen molar-refractivity contribution in [2.75, 3.05) is 19.1 Å². The highest BCUT2D eigenvalue weighted by Crippen LogP contribution is 2.16. The van der Waals surface area contributed by atoms with Crippen molar-refractivity contribution in [2.45, 2.75) is 20.0 Å². The molecule has 1 aromatic heterocycles. The predicted octanol–water partition coefficient (Wildman–Crippen LogP) is 2.84. The van der Waals surface area contributed by atoms with Crippen molar-refractivity contribution in [1.82, 2.24) is 4.98 Å². The molecule has 0 spiro atoms. The van der Waals surface area contributed by atoms with Gasteiger partial charge in [0.1, 0.15) is 0 Å². The second kappa shape index (κ2) is 9.02. The number of nitrogens with one attached hydrogen (secondary N) is 1. The molecule has 1 N–H and O–H groups in total. The van der Waals surface area contributed by atoms with Crippen LogP contribution in [0.25, 0.3) is 0 Å². The SMILES string of the molecule is CCOC(=O)Cc1csc(NN=Cc2ccc(COC)cc2)n1. The molecule has 0 atom stereocenters. The summed E-state index contributed by atoms with van der Waals surface area (Å²) in [7, 11) is 1.67. The van der Waals surface area contributed by atoms with Crippen molar-refractivity contribution in [1.29, 1.82) is 0 Å². The van der Waals surface area contributed by atoms with E-state index in [0.717, 1.165) is 11.1 Å². The summed E-state index contributed by atoms with van der Waals surface area (Å²) < 4.78 is 9.95. The number of aromatic nitrogens is 1. The molecule has 1 heterocycles. The number of benzene rings is 1. The van der Waals surface area contributed by atoms with Crippen molar-refractivity contribution >= 4 is 28.7 Å². The van der Waals surface area contributed by atoms with Crippen molar-refractivity contribution in [2.24, 2.45) is 5.10 Å². The first-order valence-corrected chi connectivity index (χ1v) is 8.06. The Kier molecular flexibility index (Phi) is 6.71. The number of esters is 1. The third kappa shape index (κ3) is 5.80. The monoisotopic (exact) mass is 333 g/mol. The molecule has 7 heteroatoms. The largest absolute Gasteiger partial charge is 0.466 e. The first-order valence-electron chi connectivity index (χ1n) is 7.18. The molecule has 0 amide bonds. The van der Waals surface area contributed by atoms with E-state index < -0.39 is 0 Å². The first kappa shape index (κ1) is 17.1. The van der Waals surface area contributed by atoms with Gasteiger partial charge >= 0.3 is 5.97 Å². The first-order chi connectivity index (χ1) is 11.2. The van der Waals surface area contributed by atoms with E-state index >= 15 is 0 Å². The van der Waals surface area contributed by atoms with Crippen LogP contribution >= 0.6 is 11.3 Å².